The van der Waals surface area contributed by atoms with Gasteiger partial charge in [0.1, 0.15) is 11.6 Å². The van der Waals surface area contributed by atoms with E-state index in [0.29, 0.717) is 22.2 Å². The number of fused-ring (bicyclic) bond motifs is 1. The van der Waals surface area contributed by atoms with Gasteiger partial charge in [-0.15, -0.1) is 0 Å². The van der Waals surface area contributed by atoms with Gasteiger partial charge in [0.25, 0.3) is 5.91 Å². The molecule has 0 radical (unpaired) electrons. The molecule has 22 heavy (non-hydrogen) atoms. The molecule has 3 N–H and O–H groups in total. The Morgan fingerprint density at radius 2 is 2.00 bits per heavy atom. The summed E-state index contributed by atoms with van der Waals surface area (Å²) in [4.78, 5) is 11.2. The maximum absolute atomic E-state index is 13.7. The third-order valence-corrected chi connectivity index (χ3v) is 3.23. The van der Waals surface area contributed by atoms with Crippen molar-refractivity contribution < 1.29 is 13.6 Å². The molecule has 0 saturated carbocycles. The summed E-state index contributed by atoms with van der Waals surface area (Å²) in [5.74, 6) is -1.89. The summed E-state index contributed by atoms with van der Waals surface area (Å²) >= 11 is 0. The van der Waals surface area contributed by atoms with Crippen LogP contribution in [0.25, 0.3) is 23.1 Å². The summed E-state index contributed by atoms with van der Waals surface area (Å²) in [6, 6.07) is 8.58. The molecule has 2 aromatic carbocycles. The van der Waals surface area contributed by atoms with Crippen molar-refractivity contribution in [2.24, 2.45) is 5.73 Å². The van der Waals surface area contributed by atoms with E-state index in [-0.39, 0.29) is 11.4 Å². The Morgan fingerprint density at radius 1 is 1.18 bits per heavy atom. The third-order valence-electron chi connectivity index (χ3n) is 3.23. The van der Waals surface area contributed by atoms with E-state index >= 15 is 0 Å². The quantitative estimate of drug-likeness (QED) is 0.780. The molecule has 1 amide bonds. The first-order valence-corrected chi connectivity index (χ1v) is 6.45. The van der Waals surface area contributed by atoms with Crippen LogP contribution in [-0.2, 0) is 0 Å². The Bertz CT molecular complexity index is 900. The van der Waals surface area contributed by atoms with Gasteiger partial charge in [-0.2, -0.15) is 5.10 Å². The molecule has 0 aliphatic heterocycles. The van der Waals surface area contributed by atoms with E-state index in [0.717, 1.165) is 0 Å². The number of nitrogens with two attached hydrogens (primary N) is 1. The highest BCUT2D eigenvalue weighted by Crippen LogP contribution is 2.22. The fourth-order valence-corrected chi connectivity index (χ4v) is 2.16. The van der Waals surface area contributed by atoms with Crippen molar-refractivity contribution in [3.8, 4) is 0 Å². The highest BCUT2D eigenvalue weighted by atomic mass is 19.1. The number of nitrogens with zero attached hydrogens (tertiary/aromatic N) is 1. The summed E-state index contributed by atoms with van der Waals surface area (Å²) in [5, 5.41) is 7.28. The van der Waals surface area contributed by atoms with Crippen LogP contribution in [-0.4, -0.2) is 16.1 Å². The molecule has 1 aromatic heterocycles. The smallest absolute Gasteiger partial charge is 0.251 e. The van der Waals surface area contributed by atoms with Gasteiger partial charge >= 0.3 is 0 Å². The fourth-order valence-electron chi connectivity index (χ4n) is 2.16. The Balaban J connectivity index is 2.04. The molecule has 0 spiro atoms. The Labute approximate surface area is 124 Å². The van der Waals surface area contributed by atoms with E-state index in [1.54, 1.807) is 24.3 Å². The van der Waals surface area contributed by atoms with Crippen LogP contribution in [0.5, 0.6) is 0 Å². The molecule has 4 nitrogen and oxygen atoms in total. The summed E-state index contributed by atoms with van der Waals surface area (Å²) in [6.07, 6.45) is 3.32. The topological polar surface area (TPSA) is 71.8 Å². The third kappa shape index (κ3) is 2.58. The van der Waals surface area contributed by atoms with Gasteiger partial charge in [0, 0.05) is 11.5 Å². The number of H-pyrrole nitrogens is 1. The predicted octanol–water partition coefficient (Wildman–Crippen LogP) is 3.11. The zero-order valence-corrected chi connectivity index (χ0v) is 11.3. The Hall–Kier alpha value is -3.02. The first-order valence-electron chi connectivity index (χ1n) is 6.45. The molecule has 0 atom stereocenters. The van der Waals surface area contributed by atoms with Crippen LogP contribution < -0.4 is 5.73 Å². The van der Waals surface area contributed by atoms with Gasteiger partial charge < -0.3 is 5.73 Å². The van der Waals surface area contributed by atoms with Crippen LogP contribution in [0.4, 0.5) is 8.78 Å². The molecule has 0 aliphatic rings. The van der Waals surface area contributed by atoms with E-state index in [2.05, 4.69) is 10.2 Å². The number of rotatable bonds is 3. The minimum atomic E-state index is -0.847. The zero-order chi connectivity index (χ0) is 15.7. The van der Waals surface area contributed by atoms with Crippen LogP contribution in [0.1, 0.15) is 21.6 Å². The predicted molar refractivity (Wildman–Crippen MR) is 79.9 cm³/mol. The number of halogens is 2. The largest absolute Gasteiger partial charge is 0.366 e. The molecule has 0 aliphatic carbocycles. The number of aromatic amines is 1. The zero-order valence-electron chi connectivity index (χ0n) is 11.3. The molecular formula is C16H11F2N3O. The second-order valence-corrected chi connectivity index (χ2v) is 4.74. The number of carbonyl (C=O) groups excluding carboxylic acids is 1. The normalized spacial score (nSPS) is 11.4. The Kier molecular flexibility index (Phi) is 3.42. The molecule has 3 aromatic rings. The number of amides is 1. The minimum absolute atomic E-state index is 0.200. The van der Waals surface area contributed by atoms with Gasteiger partial charge in [-0.05, 0) is 29.8 Å². The molecule has 0 bridgehead atoms. The SMILES string of the molecule is NC(=O)c1cc2c(/C=C/c3cccc(F)c3)n[nH]c2cc1F. The van der Waals surface area contributed by atoms with Crippen LogP contribution in [0.15, 0.2) is 36.4 Å². The average molecular weight is 299 g/mol. The number of benzene rings is 2. The summed E-state index contributed by atoms with van der Waals surface area (Å²) in [5.41, 5.74) is 6.55. The summed E-state index contributed by atoms with van der Waals surface area (Å²) < 4.78 is 26.8. The minimum Gasteiger partial charge on any atom is -0.366 e. The first kappa shape index (κ1) is 13.9. The van der Waals surface area contributed by atoms with E-state index in [9.17, 15) is 13.6 Å². The molecule has 3 rings (SSSR count). The lowest BCUT2D eigenvalue weighted by Crippen LogP contribution is -2.12. The van der Waals surface area contributed by atoms with Crippen molar-refractivity contribution in [1.82, 2.24) is 10.2 Å². The molecule has 1 heterocycles. The Morgan fingerprint density at radius 3 is 2.73 bits per heavy atom. The van der Waals surface area contributed by atoms with Gasteiger partial charge in [0.05, 0.1) is 16.8 Å². The highest BCUT2D eigenvalue weighted by molar-refractivity contribution is 5.99. The number of nitrogens with one attached hydrogen (secondary N) is 1. The number of primary amides is 1. The fraction of sp³-hybridized carbons (Fsp3) is 0. The lowest BCUT2D eigenvalue weighted by molar-refractivity contribution is 0.0996. The standard InChI is InChI=1S/C16H11F2N3O/c17-10-3-1-2-9(6-10)4-5-14-12-7-11(16(19)22)13(18)8-15(12)21-20-14/h1-8H,(H2,19,22)(H,20,21)/b5-4+. The van der Waals surface area contributed by atoms with Crippen molar-refractivity contribution in [2.45, 2.75) is 0 Å². The van der Waals surface area contributed by atoms with E-state index in [4.69, 9.17) is 5.73 Å². The van der Waals surface area contributed by atoms with Gasteiger partial charge in [0.15, 0.2) is 0 Å². The second-order valence-electron chi connectivity index (χ2n) is 4.74. The van der Waals surface area contributed by atoms with Crippen molar-refractivity contribution in [3.05, 3.63) is 64.9 Å². The van der Waals surface area contributed by atoms with Gasteiger partial charge in [-0.25, -0.2) is 8.78 Å². The van der Waals surface area contributed by atoms with Crippen molar-refractivity contribution >= 4 is 29.0 Å². The number of aromatic nitrogens is 2. The monoisotopic (exact) mass is 299 g/mol. The van der Waals surface area contributed by atoms with Gasteiger partial charge in [-0.3, -0.25) is 9.89 Å². The molecule has 0 fully saturated rings. The maximum atomic E-state index is 13.7. The van der Waals surface area contributed by atoms with Crippen LogP contribution >= 0.6 is 0 Å². The molecule has 0 unspecified atom stereocenters. The lowest BCUT2D eigenvalue weighted by Gasteiger charge is -1.99. The van der Waals surface area contributed by atoms with Gasteiger partial charge in [0.2, 0.25) is 0 Å². The van der Waals surface area contributed by atoms with Crippen molar-refractivity contribution in [1.29, 1.82) is 0 Å². The van der Waals surface area contributed by atoms with Crippen molar-refractivity contribution in [2.75, 3.05) is 0 Å². The number of hydrogen-bond acceptors (Lipinski definition) is 2. The van der Waals surface area contributed by atoms with E-state index in [1.807, 2.05) is 0 Å². The summed E-state index contributed by atoms with van der Waals surface area (Å²) in [6.45, 7) is 0. The van der Waals surface area contributed by atoms with E-state index in [1.165, 1.54) is 24.3 Å². The first-order chi connectivity index (χ1) is 10.5. The van der Waals surface area contributed by atoms with Crippen LogP contribution in [0.2, 0.25) is 0 Å². The number of hydrogen-bond donors (Lipinski definition) is 2. The summed E-state index contributed by atoms with van der Waals surface area (Å²) in [7, 11) is 0. The molecule has 110 valence electrons. The molecule has 6 heteroatoms. The number of carbonyl (C=O) groups is 1. The lowest BCUT2D eigenvalue weighted by atomic mass is 10.1. The second kappa shape index (κ2) is 5.40. The maximum Gasteiger partial charge on any atom is 0.251 e. The van der Waals surface area contributed by atoms with Crippen LogP contribution in [0, 0.1) is 11.6 Å². The molecular weight excluding hydrogens is 288 g/mol. The van der Waals surface area contributed by atoms with E-state index < -0.39 is 11.7 Å². The van der Waals surface area contributed by atoms with Crippen LogP contribution in [0.3, 0.4) is 0 Å². The van der Waals surface area contributed by atoms with Gasteiger partial charge in [-0.1, -0.05) is 18.2 Å². The molecule has 0 saturated heterocycles. The highest BCUT2D eigenvalue weighted by Gasteiger charge is 2.13. The van der Waals surface area contributed by atoms with Crippen molar-refractivity contribution in [3.63, 3.8) is 0 Å². The average Bonchev–Trinajstić information content (AvgIpc) is 2.86.